The lowest BCUT2D eigenvalue weighted by Crippen LogP contribution is -2.33. The molecule has 9 heteroatoms. The van der Waals surface area contributed by atoms with E-state index in [2.05, 4.69) is 15.3 Å². The van der Waals surface area contributed by atoms with Crippen molar-refractivity contribution in [3.63, 3.8) is 0 Å². The van der Waals surface area contributed by atoms with Crippen LogP contribution in [0.4, 0.5) is 13.2 Å². The van der Waals surface area contributed by atoms with Gasteiger partial charge in [-0.3, -0.25) is 14.3 Å². The van der Waals surface area contributed by atoms with E-state index >= 15 is 0 Å². The molecule has 1 aliphatic carbocycles. The van der Waals surface area contributed by atoms with Crippen molar-refractivity contribution < 1.29 is 13.2 Å². The Balaban J connectivity index is 1.37. The number of pyridine rings is 1. The summed E-state index contributed by atoms with van der Waals surface area (Å²) in [7, 11) is 0. The summed E-state index contributed by atoms with van der Waals surface area (Å²) < 4.78 is 40.5. The topological polar surface area (TPSA) is 59.8 Å². The normalized spacial score (nSPS) is 16.2. The highest BCUT2D eigenvalue weighted by atomic mass is 32.1. The van der Waals surface area contributed by atoms with E-state index in [1.807, 2.05) is 18.3 Å². The number of rotatable bonds is 5. The molecule has 33 heavy (non-hydrogen) atoms. The smallest absolute Gasteiger partial charge is 0.309 e. The van der Waals surface area contributed by atoms with Crippen molar-refractivity contribution in [2.75, 3.05) is 0 Å². The second-order valence-electron chi connectivity index (χ2n) is 8.24. The van der Waals surface area contributed by atoms with Gasteiger partial charge in [0.2, 0.25) is 0 Å². The van der Waals surface area contributed by atoms with Crippen molar-refractivity contribution >= 4 is 21.6 Å². The van der Waals surface area contributed by atoms with Gasteiger partial charge in [-0.05, 0) is 54.2 Å². The average molecular weight is 471 g/mol. The SMILES string of the molecule is O=c1c2c3c(sc2ncn1Cc1cccc(C(F)(F)F)c1)C[C@H](NCc1cccnc1)CC3. The molecule has 0 fully saturated rings. The van der Waals surface area contributed by atoms with Crippen LogP contribution in [-0.4, -0.2) is 20.6 Å². The zero-order valence-electron chi connectivity index (χ0n) is 17.6. The van der Waals surface area contributed by atoms with Gasteiger partial charge in [0, 0.05) is 29.9 Å². The molecule has 1 N–H and O–H groups in total. The Hall–Kier alpha value is -3.04. The molecule has 1 atom stereocenters. The van der Waals surface area contributed by atoms with Crippen LogP contribution >= 0.6 is 11.3 Å². The Morgan fingerprint density at radius 3 is 2.82 bits per heavy atom. The quantitative estimate of drug-likeness (QED) is 0.464. The highest BCUT2D eigenvalue weighted by molar-refractivity contribution is 7.18. The monoisotopic (exact) mass is 470 g/mol. The van der Waals surface area contributed by atoms with Gasteiger partial charge in [-0.1, -0.05) is 18.2 Å². The molecule has 0 saturated heterocycles. The number of halogens is 3. The zero-order valence-corrected chi connectivity index (χ0v) is 18.4. The summed E-state index contributed by atoms with van der Waals surface area (Å²) >= 11 is 1.53. The van der Waals surface area contributed by atoms with Crippen molar-refractivity contribution in [3.05, 3.63) is 92.6 Å². The van der Waals surface area contributed by atoms with E-state index in [4.69, 9.17) is 0 Å². The van der Waals surface area contributed by atoms with Crippen molar-refractivity contribution in [1.82, 2.24) is 19.9 Å². The van der Waals surface area contributed by atoms with E-state index < -0.39 is 11.7 Å². The number of aryl methyl sites for hydroxylation is 1. The van der Waals surface area contributed by atoms with Gasteiger partial charge in [0.25, 0.3) is 5.56 Å². The van der Waals surface area contributed by atoms with Crippen molar-refractivity contribution in [2.45, 2.75) is 44.6 Å². The first kappa shape index (κ1) is 21.8. The predicted molar refractivity (Wildman–Crippen MR) is 121 cm³/mol. The maximum Gasteiger partial charge on any atom is 0.416 e. The van der Waals surface area contributed by atoms with E-state index in [1.54, 1.807) is 12.3 Å². The average Bonchev–Trinajstić information content (AvgIpc) is 3.18. The van der Waals surface area contributed by atoms with E-state index in [0.717, 1.165) is 53.9 Å². The van der Waals surface area contributed by atoms with Crippen LogP contribution in [-0.2, 0) is 32.1 Å². The Bertz CT molecular complexity index is 1350. The number of nitrogens with zero attached hydrogens (tertiary/aromatic N) is 3. The largest absolute Gasteiger partial charge is 0.416 e. The minimum atomic E-state index is -4.42. The van der Waals surface area contributed by atoms with Gasteiger partial charge < -0.3 is 5.32 Å². The van der Waals surface area contributed by atoms with Gasteiger partial charge in [0.1, 0.15) is 4.83 Å². The summed E-state index contributed by atoms with van der Waals surface area (Å²) in [4.78, 5) is 23.7. The molecule has 0 amide bonds. The Labute approximate surface area is 191 Å². The van der Waals surface area contributed by atoms with Crippen molar-refractivity contribution in [2.24, 2.45) is 0 Å². The Morgan fingerprint density at radius 2 is 2.03 bits per heavy atom. The molecule has 5 nitrogen and oxygen atoms in total. The van der Waals surface area contributed by atoms with E-state index in [0.29, 0.717) is 21.8 Å². The summed E-state index contributed by atoms with van der Waals surface area (Å²) in [5.41, 5.74) is 1.65. The molecule has 4 aromatic rings. The lowest BCUT2D eigenvalue weighted by molar-refractivity contribution is -0.137. The molecule has 5 rings (SSSR count). The van der Waals surface area contributed by atoms with Gasteiger partial charge in [-0.25, -0.2) is 4.98 Å². The standard InChI is InChI=1S/C24H21F3N4OS/c25-24(26,27)17-5-1-3-15(9-17)13-31-14-30-22-21(23(31)32)19-7-6-18(10-20(19)33-22)29-12-16-4-2-8-28-11-16/h1-5,8-9,11,14,18,29H,6-7,10,12-13H2/t18-/m1/s1. The van der Waals surface area contributed by atoms with E-state index in [-0.39, 0.29) is 12.1 Å². The number of thiophene rings is 1. The summed E-state index contributed by atoms with van der Waals surface area (Å²) in [6.07, 6.45) is 3.11. The van der Waals surface area contributed by atoms with Crippen LogP contribution in [0.15, 0.2) is 59.9 Å². The summed E-state index contributed by atoms with van der Waals surface area (Å²) in [6, 6.07) is 9.31. The third-order valence-corrected chi connectivity index (χ3v) is 7.12. The molecule has 0 saturated carbocycles. The van der Waals surface area contributed by atoms with Crippen molar-refractivity contribution in [3.8, 4) is 0 Å². The summed E-state index contributed by atoms with van der Waals surface area (Å²) in [5, 5.41) is 4.18. The van der Waals surface area contributed by atoms with Crippen molar-refractivity contribution in [1.29, 1.82) is 0 Å². The molecule has 0 spiro atoms. The Morgan fingerprint density at radius 1 is 1.18 bits per heavy atom. The number of hydrogen-bond acceptors (Lipinski definition) is 5. The highest BCUT2D eigenvalue weighted by Gasteiger charge is 2.30. The molecule has 3 aromatic heterocycles. The fourth-order valence-electron chi connectivity index (χ4n) is 4.30. The number of aromatic nitrogens is 3. The van der Waals surface area contributed by atoms with Gasteiger partial charge in [0.05, 0.1) is 23.8 Å². The number of hydrogen-bond donors (Lipinski definition) is 1. The first-order chi connectivity index (χ1) is 15.9. The number of fused-ring (bicyclic) bond motifs is 3. The van der Waals surface area contributed by atoms with Crippen LogP contribution in [0.5, 0.6) is 0 Å². The number of benzene rings is 1. The highest BCUT2D eigenvalue weighted by Crippen LogP contribution is 2.34. The van der Waals surface area contributed by atoms with Crippen LogP contribution in [0.2, 0.25) is 0 Å². The zero-order chi connectivity index (χ0) is 23.0. The minimum Gasteiger partial charge on any atom is -0.309 e. The third-order valence-electron chi connectivity index (χ3n) is 5.96. The fourth-order valence-corrected chi connectivity index (χ4v) is 5.55. The molecule has 3 heterocycles. The van der Waals surface area contributed by atoms with Crippen LogP contribution in [0.1, 0.15) is 33.6 Å². The number of nitrogens with one attached hydrogen (secondary N) is 1. The molecule has 170 valence electrons. The van der Waals surface area contributed by atoms with Gasteiger partial charge in [0.15, 0.2) is 0 Å². The van der Waals surface area contributed by atoms with Gasteiger partial charge in [-0.2, -0.15) is 13.2 Å². The summed E-state index contributed by atoms with van der Waals surface area (Å²) in [5.74, 6) is 0. The van der Waals surface area contributed by atoms with Crippen LogP contribution in [0.3, 0.4) is 0 Å². The molecule has 0 radical (unpaired) electrons. The maximum atomic E-state index is 13.2. The predicted octanol–water partition coefficient (Wildman–Crippen LogP) is 4.57. The van der Waals surface area contributed by atoms with Gasteiger partial charge >= 0.3 is 6.18 Å². The van der Waals surface area contributed by atoms with Crippen LogP contribution in [0.25, 0.3) is 10.2 Å². The van der Waals surface area contributed by atoms with E-state index in [9.17, 15) is 18.0 Å². The Kier molecular flexibility index (Phi) is 5.76. The first-order valence-corrected chi connectivity index (χ1v) is 11.5. The maximum absolute atomic E-state index is 13.2. The second kappa shape index (κ2) is 8.72. The number of alkyl halides is 3. The molecule has 1 aliphatic rings. The van der Waals surface area contributed by atoms with Gasteiger partial charge in [-0.15, -0.1) is 11.3 Å². The molecular formula is C24H21F3N4OS. The fraction of sp³-hybridized carbons (Fsp3) is 0.292. The lowest BCUT2D eigenvalue weighted by atomic mass is 9.93. The molecule has 0 bridgehead atoms. The first-order valence-electron chi connectivity index (χ1n) is 10.7. The second-order valence-corrected chi connectivity index (χ2v) is 9.33. The van der Waals surface area contributed by atoms with Crippen LogP contribution in [0, 0.1) is 0 Å². The van der Waals surface area contributed by atoms with E-state index in [1.165, 1.54) is 28.3 Å². The molecule has 0 aliphatic heterocycles. The minimum absolute atomic E-state index is 0.0472. The third kappa shape index (κ3) is 4.56. The molecule has 1 aromatic carbocycles. The molecular weight excluding hydrogens is 449 g/mol. The summed E-state index contributed by atoms with van der Waals surface area (Å²) in [6.45, 7) is 0.784. The van der Waals surface area contributed by atoms with Crippen LogP contribution < -0.4 is 10.9 Å². The lowest BCUT2D eigenvalue weighted by Gasteiger charge is -2.23. The molecule has 0 unspecified atom stereocenters.